The third kappa shape index (κ3) is 2.57. The molecule has 0 aromatic carbocycles. The van der Waals surface area contributed by atoms with Crippen LogP contribution in [0, 0.1) is 0 Å². The van der Waals surface area contributed by atoms with E-state index in [4.69, 9.17) is 4.42 Å². The standard InChI is InChI=1S/C11H12N6O3/c18-8-4-3-6(14-15-8)9(19)13-11-17-16-10(20-11)7-2-1-5-12-7/h3-4,7,12H,1-2,5H2,(H,15,18)(H,13,17,19). The lowest BCUT2D eigenvalue weighted by Crippen LogP contribution is -2.17. The van der Waals surface area contributed by atoms with Crippen LogP contribution in [0.2, 0.25) is 0 Å². The molecule has 2 aromatic rings. The monoisotopic (exact) mass is 276 g/mol. The summed E-state index contributed by atoms with van der Waals surface area (Å²) >= 11 is 0. The molecular formula is C11H12N6O3. The zero-order valence-corrected chi connectivity index (χ0v) is 10.4. The van der Waals surface area contributed by atoms with Gasteiger partial charge >= 0.3 is 6.01 Å². The molecule has 20 heavy (non-hydrogen) atoms. The summed E-state index contributed by atoms with van der Waals surface area (Å²) in [6, 6.07) is 2.57. The highest BCUT2D eigenvalue weighted by atomic mass is 16.4. The maximum Gasteiger partial charge on any atom is 0.322 e. The SMILES string of the molecule is O=C(Nc1nnc(C2CCCN2)o1)c1ccc(=O)[nH]n1. The van der Waals surface area contributed by atoms with Crippen molar-refractivity contribution in [3.63, 3.8) is 0 Å². The summed E-state index contributed by atoms with van der Waals surface area (Å²) in [5.41, 5.74) is -0.322. The van der Waals surface area contributed by atoms with Crippen molar-refractivity contribution in [2.24, 2.45) is 0 Å². The minimum Gasteiger partial charge on any atom is -0.406 e. The zero-order valence-electron chi connectivity index (χ0n) is 10.4. The number of anilines is 1. The second kappa shape index (κ2) is 5.21. The third-order valence-electron chi connectivity index (χ3n) is 2.93. The fourth-order valence-corrected chi connectivity index (χ4v) is 1.95. The van der Waals surface area contributed by atoms with Crippen LogP contribution in [0.3, 0.4) is 0 Å². The summed E-state index contributed by atoms with van der Waals surface area (Å²) in [5, 5.41) is 19.1. The Morgan fingerprint density at radius 2 is 2.30 bits per heavy atom. The average Bonchev–Trinajstić information content (AvgIpc) is 3.09. The Bertz CT molecular complexity index is 652. The minimum atomic E-state index is -0.532. The predicted molar refractivity (Wildman–Crippen MR) is 67.1 cm³/mol. The molecule has 1 aliphatic heterocycles. The van der Waals surface area contributed by atoms with Crippen LogP contribution in [0.1, 0.15) is 35.3 Å². The van der Waals surface area contributed by atoms with E-state index in [1.165, 1.54) is 12.1 Å². The van der Waals surface area contributed by atoms with E-state index in [0.717, 1.165) is 19.4 Å². The van der Waals surface area contributed by atoms with Gasteiger partial charge in [0.15, 0.2) is 0 Å². The number of carbonyl (C=O) groups is 1. The highest BCUT2D eigenvalue weighted by Crippen LogP contribution is 2.22. The molecule has 0 bridgehead atoms. The Kier molecular flexibility index (Phi) is 3.25. The topological polar surface area (TPSA) is 126 Å². The van der Waals surface area contributed by atoms with Gasteiger partial charge in [0.25, 0.3) is 11.5 Å². The van der Waals surface area contributed by atoms with Gasteiger partial charge in [0, 0.05) is 6.07 Å². The van der Waals surface area contributed by atoms with Crippen molar-refractivity contribution in [3.8, 4) is 0 Å². The molecule has 1 unspecified atom stereocenters. The lowest BCUT2D eigenvalue weighted by atomic mass is 10.2. The fourth-order valence-electron chi connectivity index (χ4n) is 1.95. The van der Waals surface area contributed by atoms with Crippen molar-refractivity contribution < 1.29 is 9.21 Å². The molecule has 3 rings (SSSR count). The van der Waals surface area contributed by atoms with Gasteiger partial charge in [0.2, 0.25) is 5.89 Å². The molecule has 1 saturated heterocycles. The van der Waals surface area contributed by atoms with Crippen molar-refractivity contribution in [2.75, 3.05) is 11.9 Å². The number of aromatic amines is 1. The Morgan fingerprint density at radius 3 is 3.00 bits per heavy atom. The summed E-state index contributed by atoms with van der Waals surface area (Å²) < 4.78 is 5.37. The van der Waals surface area contributed by atoms with Crippen LogP contribution in [0.4, 0.5) is 6.01 Å². The highest BCUT2D eigenvalue weighted by Gasteiger charge is 2.22. The van der Waals surface area contributed by atoms with Gasteiger partial charge in [-0.05, 0) is 25.5 Å². The van der Waals surface area contributed by atoms with E-state index < -0.39 is 5.91 Å². The number of hydrogen-bond acceptors (Lipinski definition) is 7. The molecule has 9 nitrogen and oxygen atoms in total. The van der Waals surface area contributed by atoms with Crippen molar-refractivity contribution in [1.29, 1.82) is 0 Å². The van der Waals surface area contributed by atoms with Gasteiger partial charge in [0.1, 0.15) is 5.69 Å². The number of aromatic nitrogens is 4. The number of rotatable bonds is 3. The molecule has 2 aromatic heterocycles. The maximum atomic E-state index is 11.8. The van der Waals surface area contributed by atoms with E-state index in [0.29, 0.717) is 5.89 Å². The number of carbonyl (C=O) groups excluding carboxylic acids is 1. The van der Waals surface area contributed by atoms with Gasteiger partial charge in [-0.2, -0.15) is 5.10 Å². The Labute approximate surface area is 112 Å². The molecule has 1 fully saturated rings. The molecule has 0 radical (unpaired) electrons. The summed E-state index contributed by atoms with van der Waals surface area (Å²) in [4.78, 5) is 22.7. The second-order valence-corrected chi connectivity index (χ2v) is 4.35. The smallest absolute Gasteiger partial charge is 0.322 e. The summed E-state index contributed by atoms with van der Waals surface area (Å²) in [5.74, 6) is -0.0805. The van der Waals surface area contributed by atoms with Gasteiger partial charge in [-0.25, -0.2) is 5.10 Å². The molecule has 0 aliphatic carbocycles. The van der Waals surface area contributed by atoms with Crippen molar-refractivity contribution in [2.45, 2.75) is 18.9 Å². The first-order chi connectivity index (χ1) is 9.72. The molecule has 0 spiro atoms. The van der Waals surface area contributed by atoms with Crippen molar-refractivity contribution in [1.82, 2.24) is 25.7 Å². The highest BCUT2D eigenvalue weighted by molar-refractivity contribution is 6.01. The first-order valence-corrected chi connectivity index (χ1v) is 6.16. The first kappa shape index (κ1) is 12.5. The quantitative estimate of drug-likeness (QED) is 0.710. The number of hydrogen-bond donors (Lipinski definition) is 3. The zero-order chi connectivity index (χ0) is 13.9. The molecule has 104 valence electrons. The van der Waals surface area contributed by atoms with E-state index in [1.54, 1.807) is 0 Å². The van der Waals surface area contributed by atoms with E-state index in [1.807, 2.05) is 0 Å². The van der Waals surface area contributed by atoms with Crippen molar-refractivity contribution in [3.05, 3.63) is 34.1 Å². The number of H-pyrrole nitrogens is 1. The van der Waals surface area contributed by atoms with Crippen LogP contribution in [-0.2, 0) is 0 Å². The lowest BCUT2D eigenvalue weighted by molar-refractivity contribution is 0.101. The third-order valence-corrected chi connectivity index (χ3v) is 2.93. The number of nitrogens with zero attached hydrogens (tertiary/aromatic N) is 3. The van der Waals surface area contributed by atoms with Gasteiger partial charge in [-0.3, -0.25) is 14.9 Å². The largest absolute Gasteiger partial charge is 0.406 e. The van der Waals surface area contributed by atoms with E-state index in [-0.39, 0.29) is 23.3 Å². The molecule has 1 atom stereocenters. The number of nitrogens with one attached hydrogen (secondary N) is 3. The average molecular weight is 276 g/mol. The van der Waals surface area contributed by atoms with Gasteiger partial charge in [-0.1, -0.05) is 5.10 Å². The fraction of sp³-hybridized carbons (Fsp3) is 0.364. The summed E-state index contributed by atoms with van der Waals surface area (Å²) in [6.07, 6.45) is 1.98. The lowest BCUT2D eigenvalue weighted by Gasteiger charge is -2.02. The first-order valence-electron chi connectivity index (χ1n) is 6.16. The Hall–Kier alpha value is -2.55. The van der Waals surface area contributed by atoms with Crippen LogP contribution in [0.25, 0.3) is 0 Å². The van der Waals surface area contributed by atoms with Crippen LogP contribution < -0.4 is 16.2 Å². The Morgan fingerprint density at radius 1 is 1.40 bits per heavy atom. The van der Waals surface area contributed by atoms with Crippen LogP contribution in [0.15, 0.2) is 21.3 Å². The molecule has 0 saturated carbocycles. The van der Waals surface area contributed by atoms with Crippen LogP contribution in [-0.4, -0.2) is 32.8 Å². The molecule has 1 amide bonds. The molecule has 3 N–H and O–H groups in total. The minimum absolute atomic E-state index is 0.00620. The van der Waals surface area contributed by atoms with Crippen LogP contribution >= 0.6 is 0 Å². The molecule has 1 aliphatic rings. The predicted octanol–water partition coefficient (Wildman–Crippen LogP) is -0.170. The van der Waals surface area contributed by atoms with E-state index in [9.17, 15) is 9.59 Å². The second-order valence-electron chi connectivity index (χ2n) is 4.35. The molecule has 9 heteroatoms. The summed E-state index contributed by atoms with van der Waals surface area (Å²) in [7, 11) is 0. The van der Waals surface area contributed by atoms with Crippen molar-refractivity contribution >= 4 is 11.9 Å². The van der Waals surface area contributed by atoms with E-state index in [2.05, 4.69) is 31.0 Å². The molecule has 3 heterocycles. The maximum absolute atomic E-state index is 11.8. The van der Waals surface area contributed by atoms with Gasteiger partial charge < -0.3 is 9.73 Å². The van der Waals surface area contributed by atoms with E-state index >= 15 is 0 Å². The number of amides is 1. The van der Waals surface area contributed by atoms with Gasteiger partial charge in [0.05, 0.1) is 6.04 Å². The Balaban J connectivity index is 1.69. The normalized spacial score (nSPS) is 18.1. The van der Waals surface area contributed by atoms with Crippen LogP contribution in [0.5, 0.6) is 0 Å². The summed E-state index contributed by atoms with van der Waals surface area (Å²) in [6.45, 7) is 0.913. The van der Waals surface area contributed by atoms with Gasteiger partial charge in [-0.15, -0.1) is 5.10 Å². The molecular weight excluding hydrogens is 264 g/mol.